The van der Waals surface area contributed by atoms with E-state index in [2.05, 4.69) is 10.6 Å². The average molecular weight is 301 g/mol. The molecule has 0 saturated carbocycles. The third kappa shape index (κ3) is 4.76. The van der Waals surface area contributed by atoms with Crippen molar-refractivity contribution in [2.24, 2.45) is 5.92 Å². The van der Waals surface area contributed by atoms with Crippen molar-refractivity contribution >= 4 is 18.3 Å². The van der Waals surface area contributed by atoms with E-state index in [-0.39, 0.29) is 36.1 Å². The molecular weight excluding hydrogens is 279 g/mol. The van der Waals surface area contributed by atoms with Gasteiger partial charge in [0, 0.05) is 12.0 Å². The molecule has 0 aliphatic carbocycles. The third-order valence-electron chi connectivity index (χ3n) is 3.58. The first kappa shape index (κ1) is 16.9. The normalized spacial score (nSPS) is 17.1. The Hall–Kier alpha value is -1.13. The van der Waals surface area contributed by atoms with Gasteiger partial charge in [0.2, 0.25) is 5.91 Å². The van der Waals surface area contributed by atoms with Crippen LogP contribution in [0.3, 0.4) is 0 Å². The van der Waals surface area contributed by atoms with Crippen LogP contribution in [0.1, 0.15) is 25.3 Å². The van der Waals surface area contributed by atoms with Crippen molar-refractivity contribution in [3.63, 3.8) is 0 Å². The lowest BCUT2D eigenvalue weighted by Gasteiger charge is -2.24. The molecule has 5 heteroatoms. The first-order valence-corrected chi connectivity index (χ1v) is 6.91. The van der Waals surface area contributed by atoms with Gasteiger partial charge in [-0.2, -0.15) is 0 Å². The van der Waals surface area contributed by atoms with Crippen LogP contribution in [0.15, 0.2) is 24.3 Å². The minimum atomic E-state index is -0.203. The summed E-state index contributed by atoms with van der Waals surface area (Å²) in [5.41, 5.74) is 0.653. The molecule has 20 heavy (non-hydrogen) atoms. The number of hydrogen-bond donors (Lipinski definition) is 2. The van der Waals surface area contributed by atoms with Crippen LogP contribution in [0.25, 0.3) is 0 Å². The van der Waals surface area contributed by atoms with Crippen LogP contribution in [0, 0.1) is 11.7 Å². The predicted molar refractivity (Wildman–Crippen MR) is 80.6 cm³/mol. The second-order valence-corrected chi connectivity index (χ2v) is 5.23. The van der Waals surface area contributed by atoms with Crippen LogP contribution < -0.4 is 10.6 Å². The molecule has 1 unspecified atom stereocenters. The van der Waals surface area contributed by atoms with Gasteiger partial charge in [-0.25, -0.2) is 4.39 Å². The Labute approximate surface area is 125 Å². The van der Waals surface area contributed by atoms with E-state index < -0.39 is 0 Å². The summed E-state index contributed by atoms with van der Waals surface area (Å²) >= 11 is 0. The second kappa shape index (κ2) is 8.22. The minimum absolute atomic E-state index is 0. The lowest BCUT2D eigenvalue weighted by Crippen LogP contribution is -2.42. The number of carbonyl (C=O) groups is 1. The van der Waals surface area contributed by atoms with Gasteiger partial charge in [-0.3, -0.25) is 4.79 Å². The molecule has 1 aromatic rings. The Morgan fingerprint density at radius 1 is 1.40 bits per heavy atom. The lowest BCUT2D eigenvalue weighted by molar-refractivity contribution is -0.126. The Bertz CT molecular complexity index is 436. The molecule has 1 aromatic carbocycles. The highest BCUT2D eigenvalue weighted by molar-refractivity contribution is 5.85. The first-order chi connectivity index (χ1) is 9.16. The number of benzene rings is 1. The number of amides is 1. The van der Waals surface area contributed by atoms with Crippen molar-refractivity contribution in [1.29, 1.82) is 0 Å². The van der Waals surface area contributed by atoms with E-state index in [1.165, 1.54) is 6.07 Å². The summed E-state index contributed by atoms with van der Waals surface area (Å²) < 4.78 is 13.5. The molecule has 0 bridgehead atoms. The van der Waals surface area contributed by atoms with Crippen molar-refractivity contribution in [3.05, 3.63) is 35.6 Å². The maximum absolute atomic E-state index is 13.5. The van der Waals surface area contributed by atoms with E-state index in [0.717, 1.165) is 25.9 Å². The number of piperidine rings is 1. The minimum Gasteiger partial charge on any atom is -0.353 e. The van der Waals surface area contributed by atoms with Crippen molar-refractivity contribution in [2.45, 2.75) is 32.2 Å². The van der Waals surface area contributed by atoms with Crippen LogP contribution in [0.5, 0.6) is 0 Å². The number of nitrogens with one attached hydrogen (secondary N) is 2. The monoisotopic (exact) mass is 300 g/mol. The SMILES string of the molecule is CC(Cc1ccccc1F)NC(=O)C1CCNCC1.Cl. The molecule has 0 radical (unpaired) electrons. The van der Waals surface area contributed by atoms with Crippen LogP contribution in [0.2, 0.25) is 0 Å². The Balaban J connectivity index is 0.00000200. The molecule has 1 aliphatic heterocycles. The Morgan fingerprint density at radius 3 is 2.70 bits per heavy atom. The van der Waals surface area contributed by atoms with E-state index in [0.29, 0.717) is 12.0 Å². The predicted octanol–water partition coefficient (Wildman–Crippen LogP) is 2.29. The summed E-state index contributed by atoms with van der Waals surface area (Å²) in [6.07, 6.45) is 2.31. The molecule has 1 saturated heterocycles. The molecule has 1 atom stereocenters. The largest absolute Gasteiger partial charge is 0.353 e. The molecule has 1 fully saturated rings. The highest BCUT2D eigenvalue weighted by atomic mass is 35.5. The molecule has 1 amide bonds. The van der Waals surface area contributed by atoms with E-state index in [1.807, 2.05) is 13.0 Å². The highest BCUT2D eigenvalue weighted by Gasteiger charge is 2.22. The molecule has 0 aromatic heterocycles. The second-order valence-electron chi connectivity index (χ2n) is 5.23. The van der Waals surface area contributed by atoms with Gasteiger partial charge in [0.05, 0.1) is 0 Å². The van der Waals surface area contributed by atoms with Gasteiger partial charge < -0.3 is 10.6 Å². The summed E-state index contributed by atoms with van der Waals surface area (Å²) in [5.74, 6) is 0.000116. The van der Waals surface area contributed by atoms with E-state index in [4.69, 9.17) is 0 Å². The number of carbonyl (C=O) groups excluding carboxylic acids is 1. The highest BCUT2D eigenvalue weighted by Crippen LogP contribution is 2.13. The molecule has 1 heterocycles. The van der Waals surface area contributed by atoms with Crippen molar-refractivity contribution < 1.29 is 9.18 Å². The maximum atomic E-state index is 13.5. The van der Waals surface area contributed by atoms with Crippen LogP contribution in [-0.4, -0.2) is 25.0 Å². The topological polar surface area (TPSA) is 41.1 Å². The average Bonchev–Trinajstić information content (AvgIpc) is 2.42. The zero-order valence-corrected chi connectivity index (χ0v) is 12.5. The standard InChI is InChI=1S/C15H21FN2O.ClH/c1-11(10-13-4-2-3-5-14(13)16)18-15(19)12-6-8-17-9-7-12;/h2-5,11-12,17H,6-10H2,1H3,(H,18,19);1H. The Morgan fingerprint density at radius 2 is 2.05 bits per heavy atom. The van der Waals surface area contributed by atoms with E-state index >= 15 is 0 Å². The van der Waals surface area contributed by atoms with Crippen molar-refractivity contribution in [3.8, 4) is 0 Å². The third-order valence-corrected chi connectivity index (χ3v) is 3.58. The van der Waals surface area contributed by atoms with Crippen LogP contribution in [-0.2, 0) is 11.2 Å². The fourth-order valence-electron chi connectivity index (χ4n) is 2.49. The van der Waals surface area contributed by atoms with Gasteiger partial charge >= 0.3 is 0 Å². The van der Waals surface area contributed by atoms with E-state index in [1.54, 1.807) is 12.1 Å². The molecule has 1 aliphatic rings. The van der Waals surface area contributed by atoms with Crippen LogP contribution >= 0.6 is 12.4 Å². The van der Waals surface area contributed by atoms with Gasteiger partial charge in [-0.15, -0.1) is 12.4 Å². The summed E-state index contributed by atoms with van der Waals surface area (Å²) in [5, 5.41) is 6.23. The fourth-order valence-corrected chi connectivity index (χ4v) is 2.49. The molecular formula is C15H22ClFN2O. The molecule has 2 rings (SSSR count). The maximum Gasteiger partial charge on any atom is 0.223 e. The Kier molecular flexibility index (Phi) is 6.96. The van der Waals surface area contributed by atoms with Gasteiger partial charge in [0.15, 0.2) is 0 Å². The van der Waals surface area contributed by atoms with Crippen LogP contribution in [0.4, 0.5) is 4.39 Å². The molecule has 3 nitrogen and oxygen atoms in total. The molecule has 112 valence electrons. The number of halogens is 2. The summed E-state index contributed by atoms with van der Waals surface area (Å²) in [6, 6.07) is 6.68. The fraction of sp³-hybridized carbons (Fsp3) is 0.533. The number of rotatable bonds is 4. The van der Waals surface area contributed by atoms with Gasteiger partial charge in [-0.05, 0) is 50.9 Å². The lowest BCUT2D eigenvalue weighted by atomic mass is 9.96. The quantitative estimate of drug-likeness (QED) is 0.896. The van der Waals surface area contributed by atoms with Gasteiger partial charge in [0.25, 0.3) is 0 Å². The first-order valence-electron chi connectivity index (χ1n) is 6.91. The summed E-state index contributed by atoms with van der Waals surface area (Å²) in [6.45, 7) is 3.73. The van der Waals surface area contributed by atoms with Gasteiger partial charge in [0.1, 0.15) is 5.82 Å². The summed E-state index contributed by atoms with van der Waals surface area (Å²) in [4.78, 5) is 12.1. The smallest absolute Gasteiger partial charge is 0.223 e. The van der Waals surface area contributed by atoms with Crippen molar-refractivity contribution in [1.82, 2.24) is 10.6 Å². The molecule has 0 spiro atoms. The summed E-state index contributed by atoms with van der Waals surface area (Å²) in [7, 11) is 0. The van der Waals surface area contributed by atoms with E-state index in [9.17, 15) is 9.18 Å². The zero-order chi connectivity index (χ0) is 13.7. The number of hydrogen-bond acceptors (Lipinski definition) is 2. The van der Waals surface area contributed by atoms with Gasteiger partial charge in [-0.1, -0.05) is 18.2 Å². The zero-order valence-electron chi connectivity index (χ0n) is 11.7. The molecule has 2 N–H and O–H groups in total. The van der Waals surface area contributed by atoms with Crippen molar-refractivity contribution in [2.75, 3.05) is 13.1 Å².